The molecule has 0 amide bonds. The van der Waals surface area contributed by atoms with Crippen molar-refractivity contribution >= 4 is 11.8 Å². The summed E-state index contributed by atoms with van der Waals surface area (Å²) in [6, 6.07) is 1.95. The molecule has 2 N–H and O–H groups in total. The van der Waals surface area contributed by atoms with Crippen molar-refractivity contribution in [1.29, 1.82) is 0 Å². The zero-order valence-corrected chi connectivity index (χ0v) is 10.2. The van der Waals surface area contributed by atoms with Crippen molar-refractivity contribution in [3.05, 3.63) is 24.4 Å². The lowest BCUT2D eigenvalue weighted by Crippen LogP contribution is -2.11. The number of aryl methyl sites for hydroxylation is 1. The number of nitrogens with one attached hydrogen (secondary N) is 2. The first-order chi connectivity index (χ1) is 7.61. The number of rotatable bonds is 6. The Hall–Kier alpha value is -1.58. The molecule has 0 spiro atoms. The Balaban J connectivity index is 2.69. The zero-order valence-electron chi connectivity index (χ0n) is 10.2. The maximum absolute atomic E-state index is 4.36. The minimum absolute atomic E-state index is 0.597. The highest BCUT2D eigenvalue weighted by Gasteiger charge is 2.01. The first-order valence-corrected chi connectivity index (χ1v) is 5.56. The fourth-order valence-electron chi connectivity index (χ4n) is 1.21. The van der Waals surface area contributed by atoms with Crippen molar-refractivity contribution in [2.24, 2.45) is 5.92 Å². The van der Waals surface area contributed by atoms with E-state index in [0.717, 1.165) is 18.1 Å². The van der Waals surface area contributed by atoms with Crippen LogP contribution in [0.3, 0.4) is 0 Å². The average molecular weight is 220 g/mol. The minimum atomic E-state index is 0.597. The summed E-state index contributed by atoms with van der Waals surface area (Å²) >= 11 is 0. The fourth-order valence-corrected chi connectivity index (χ4v) is 1.21. The first-order valence-electron chi connectivity index (χ1n) is 5.56. The molecule has 1 aromatic heterocycles. The van der Waals surface area contributed by atoms with Crippen LogP contribution in [0.5, 0.6) is 0 Å². The Morgan fingerprint density at radius 2 is 2.12 bits per heavy atom. The van der Waals surface area contributed by atoms with Crippen molar-refractivity contribution in [2.45, 2.75) is 20.8 Å². The molecule has 0 fully saturated rings. The van der Waals surface area contributed by atoms with Gasteiger partial charge in [-0.3, -0.25) is 0 Å². The quantitative estimate of drug-likeness (QED) is 0.723. The molecule has 0 atom stereocenters. The van der Waals surface area contributed by atoms with E-state index in [1.807, 2.05) is 13.0 Å². The van der Waals surface area contributed by atoms with E-state index in [4.69, 9.17) is 0 Å². The van der Waals surface area contributed by atoms with Crippen LogP contribution in [-0.4, -0.2) is 23.1 Å². The first kappa shape index (κ1) is 12.5. The molecule has 1 rings (SSSR count). The molecule has 4 heteroatoms. The van der Waals surface area contributed by atoms with Crippen molar-refractivity contribution < 1.29 is 0 Å². The largest absolute Gasteiger partial charge is 0.370 e. The molecule has 0 aliphatic heterocycles. The van der Waals surface area contributed by atoms with Crippen LogP contribution >= 0.6 is 0 Å². The Bertz CT molecular complexity index is 347. The third-order valence-electron chi connectivity index (χ3n) is 1.95. The molecule has 0 aliphatic carbocycles. The Kier molecular flexibility index (Phi) is 4.76. The summed E-state index contributed by atoms with van der Waals surface area (Å²) in [6.07, 6.45) is 1.78. The highest BCUT2D eigenvalue weighted by molar-refractivity contribution is 5.42. The van der Waals surface area contributed by atoms with Gasteiger partial charge >= 0.3 is 0 Å². The van der Waals surface area contributed by atoms with Gasteiger partial charge in [0.1, 0.15) is 5.82 Å². The van der Waals surface area contributed by atoms with E-state index >= 15 is 0 Å². The molecule has 0 saturated carbocycles. The lowest BCUT2D eigenvalue weighted by atomic mass is 10.2. The fraction of sp³-hybridized carbons (Fsp3) is 0.500. The normalized spacial score (nSPS) is 10.2. The molecular weight excluding hydrogens is 200 g/mol. The Morgan fingerprint density at radius 3 is 2.75 bits per heavy atom. The minimum Gasteiger partial charge on any atom is -0.370 e. The summed E-state index contributed by atoms with van der Waals surface area (Å²) in [7, 11) is 0. The number of anilines is 2. The molecule has 0 aromatic carbocycles. The number of hydrogen-bond acceptors (Lipinski definition) is 4. The van der Waals surface area contributed by atoms with Crippen molar-refractivity contribution in [2.75, 3.05) is 23.7 Å². The van der Waals surface area contributed by atoms with E-state index in [9.17, 15) is 0 Å². The standard InChI is InChI=1S/C12H20N4/c1-5-6-13-12-15-10(4)7-11(16-12)14-8-9(2)3/h5,7,9H,1,6,8H2,2-4H3,(H2,13,14,15,16). The van der Waals surface area contributed by atoms with Gasteiger partial charge in [0.2, 0.25) is 5.95 Å². The molecular formula is C12H20N4. The van der Waals surface area contributed by atoms with Crippen LogP contribution in [0.4, 0.5) is 11.8 Å². The highest BCUT2D eigenvalue weighted by Crippen LogP contribution is 2.09. The summed E-state index contributed by atoms with van der Waals surface area (Å²) in [4.78, 5) is 8.65. The summed E-state index contributed by atoms with van der Waals surface area (Å²) in [5, 5.41) is 6.37. The van der Waals surface area contributed by atoms with Gasteiger partial charge in [-0.1, -0.05) is 19.9 Å². The SMILES string of the molecule is C=CCNc1nc(C)cc(NCC(C)C)n1. The summed E-state index contributed by atoms with van der Waals surface area (Å²) in [5.41, 5.74) is 0.952. The summed E-state index contributed by atoms with van der Waals surface area (Å²) in [5.74, 6) is 2.11. The molecule has 0 saturated heterocycles. The van der Waals surface area contributed by atoms with Crippen LogP contribution in [0.2, 0.25) is 0 Å². The average Bonchev–Trinajstić information content (AvgIpc) is 2.23. The van der Waals surface area contributed by atoms with Gasteiger partial charge in [0.15, 0.2) is 0 Å². The number of aromatic nitrogens is 2. The Morgan fingerprint density at radius 1 is 1.38 bits per heavy atom. The Labute approximate surface area is 97.2 Å². The molecule has 88 valence electrons. The van der Waals surface area contributed by atoms with E-state index in [2.05, 4.69) is 41.0 Å². The van der Waals surface area contributed by atoms with E-state index in [-0.39, 0.29) is 0 Å². The van der Waals surface area contributed by atoms with Crippen LogP contribution in [0, 0.1) is 12.8 Å². The van der Waals surface area contributed by atoms with Gasteiger partial charge in [0.05, 0.1) is 0 Å². The summed E-state index contributed by atoms with van der Waals surface area (Å²) < 4.78 is 0. The molecule has 0 radical (unpaired) electrons. The predicted molar refractivity (Wildman–Crippen MR) is 68.8 cm³/mol. The monoisotopic (exact) mass is 220 g/mol. The van der Waals surface area contributed by atoms with E-state index in [1.54, 1.807) is 6.08 Å². The summed E-state index contributed by atoms with van der Waals surface area (Å²) in [6.45, 7) is 11.5. The second-order valence-corrected chi connectivity index (χ2v) is 4.16. The molecule has 0 aliphatic rings. The molecule has 1 heterocycles. The van der Waals surface area contributed by atoms with E-state index in [1.165, 1.54) is 0 Å². The number of nitrogens with zero attached hydrogens (tertiary/aromatic N) is 2. The van der Waals surface area contributed by atoms with Crippen LogP contribution < -0.4 is 10.6 Å². The van der Waals surface area contributed by atoms with Crippen LogP contribution in [-0.2, 0) is 0 Å². The third-order valence-corrected chi connectivity index (χ3v) is 1.95. The molecule has 4 nitrogen and oxygen atoms in total. The van der Waals surface area contributed by atoms with Crippen molar-refractivity contribution in [3.8, 4) is 0 Å². The second-order valence-electron chi connectivity index (χ2n) is 4.16. The van der Waals surface area contributed by atoms with E-state index in [0.29, 0.717) is 18.4 Å². The van der Waals surface area contributed by atoms with E-state index < -0.39 is 0 Å². The third kappa shape index (κ3) is 4.29. The zero-order chi connectivity index (χ0) is 12.0. The predicted octanol–water partition coefficient (Wildman–Crippen LogP) is 2.45. The van der Waals surface area contributed by atoms with Gasteiger partial charge in [0.25, 0.3) is 0 Å². The molecule has 16 heavy (non-hydrogen) atoms. The van der Waals surface area contributed by atoms with Gasteiger partial charge < -0.3 is 10.6 Å². The van der Waals surface area contributed by atoms with Gasteiger partial charge in [-0.15, -0.1) is 6.58 Å². The lowest BCUT2D eigenvalue weighted by Gasteiger charge is -2.10. The van der Waals surface area contributed by atoms with Gasteiger partial charge in [-0.25, -0.2) is 4.98 Å². The smallest absolute Gasteiger partial charge is 0.225 e. The highest BCUT2D eigenvalue weighted by atomic mass is 15.1. The number of hydrogen-bond donors (Lipinski definition) is 2. The van der Waals surface area contributed by atoms with Crippen LogP contribution in [0.25, 0.3) is 0 Å². The van der Waals surface area contributed by atoms with Crippen LogP contribution in [0.15, 0.2) is 18.7 Å². The van der Waals surface area contributed by atoms with Crippen molar-refractivity contribution in [3.63, 3.8) is 0 Å². The lowest BCUT2D eigenvalue weighted by molar-refractivity contribution is 0.686. The van der Waals surface area contributed by atoms with Gasteiger partial charge in [-0.2, -0.15) is 4.98 Å². The van der Waals surface area contributed by atoms with Crippen LogP contribution in [0.1, 0.15) is 19.5 Å². The molecule has 0 unspecified atom stereocenters. The van der Waals surface area contributed by atoms with Gasteiger partial charge in [0, 0.05) is 24.8 Å². The topological polar surface area (TPSA) is 49.8 Å². The van der Waals surface area contributed by atoms with Gasteiger partial charge in [-0.05, 0) is 12.8 Å². The molecule has 0 bridgehead atoms. The maximum atomic E-state index is 4.36. The maximum Gasteiger partial charge on any atom is 0.225 e. The van der Waals surface area contributed by atoms with Crippen molar-refractivity contribution in [1.82, 2.24) is 9.97 Å². The molecule has 1 aromatic rings. The second kappa shape index (κ2) is 6.10.